The molecule has 5 heteroatoms. The van der Waals surface area contributed by atoms with E-state index in [1.807, 2.05) is 18.2 Å². The van der Waals surface area contributed by atoms with Gasteiger partial charge in [-0.05, 0) is 42.0 Å². The van der Waals surface area contributed by atoms with Crippen LogP contribution in [0, 0.1) is 5.82 Å². The maximum absolute atomic E-state index is 13.2. The van der Waals surface area contributed by atoms with E-state index in [4.69, 9.17) is 4.42 Å². The highest BCUT2D eigenvalue weighted by molar-refractivity contribution is 5.91. The van der Waals surface area contributed by atoms with E-state index in [-0.39, 0.29) is 23.4 Å². The van der Waals surface area contributed by atoms with Gasteiger partial charge in [0.05, 0.1) is 6.26 Å². The molecule has 4 nitrogen and oxygen atoms in total. The number of halogens is 1. The summed E-state index contributed by atoms with van der Waals surface area (Å²) in [6.45, 7) is 0.335. The Morgan fingerprint density at radius 2 is 1.96 bits per heavy atom. The van der Waals surface area contributed by atoms with Crippen molar-refractivity contribution in [1.29, 1.82) is 0 Å². The van der Waals surface area contributed by atoms with E-state index in [0.29, 0.717) is 6.54 Å². The first-order valence-electron chi connectivity index (χ1n) is 7.22. The lowest BCUT2D eigenvalue weighted by Crippen LogP contribution is -2.29. The van der Waals surface area contributed by atoms with Gasteiger partial charge in [0.25, 0.3) is 5.91 Å². The van der Waals surface area contributed by atoms with Crippen LogP contribution in [0.15, 0.2) is 71.5 Å². The summed E-state index contributed by atoms with van der Waals surface area (Å²) < 4.78 is 18.2. The topological polar surface area (TPSA) is 55.1 Å². The van der Waals surface area contributed by atoms with Crippen molar-refractivity contribution in [2.75, 3.05) is 6.54 Å². The Morgan fingerprint density at radius 3 is 2.61 bits per heavy atom. The number of aromatic nitrogens is 1. The number of carbonyl (C=O) groups excluding carboxylic acids is 1. The van der Waals surface area contributed by atoms with Gasteiger partial charge in [0, 0.05) is 24.4 Å². The van der Waals surface area contributed by atoms with Gasteiger partial charge < -0.3 is 9.73 Å². The van der Waals surface area contributed by atoms with Crippen LogP contribution in [0.25, 0.3) is 0 Å². The first-order valence-corrected chi connectivity index (χ1v) is 7.22. The molecule has 0 saturated carbocycles. The van der Waals surface area contributed by atoms with Crippen molar-refractivity contribution in [2.24, 2.45) is 0 Å². The molecule has 116 valence electrons. The fraction of sp³-hybridized carbons (Fsp3) is 0.111. The van der Waals surface area contributed by atoms with E-state index >= 15 is 0 Å². The molecule has 1 unspecified atom stereocenters. The molecule has 0 aliphatic rings. The minimum Gasteiger partial charge on any atom is -0.459 e. The molecule has 3 aromatic rings. The summed E-state index contributed by atoms with van der Waals surface area (Å²) >= 11 is 0. The lowest BCUT2D eigenvalue weighted by atomic mass is 9.95. The molecule has 0 aliphatic carbocycles. The van der Waals surface area contributed by atoms with Crippen LogP contribution in [0.3, 0.4) is 0 Å². The number of pyridine rings is 1. The Balaban J connectivity index is 1.81. The Kier molecular flexibility index (Phi) is 4.47. The monoisotopic (exact) mass is 310 g/mol. The predicted octanol–water partition coefficient (Wildman–Crippen LogP) is 3.38. The van der Waals surface area contributed by atoms with Crippen molar-refractivity contribution in [3.8, 4) is 0 Å². The van der Waals surface area contributed by atoms with Crippen molar-refractivity contribution in [1.82, 2.24) is 10.3 Å². The van der Waals surface area contributed by atoms with E-state index in [1.54, 1.807) is 30.5 Å². The van der Waals surface area contributed by atoms with Gasteiger partial charge in [-0.1, -0.05) is 18.2 Å². The maximum atomic E-state index is 13.2. The number of hydrogen-bond donors (Lipinski definition) is 1. The number of amides is 1. The number of nitrogens with one attached hydrogen (secondary N) is 1. The van der Waals surface area contributed by atoms with Crippen LogP contribution >= 0.6 is 0 Å². The highest BCUT2D eigenvalue weighted by atomic mass is 19.1. The number of benzene rings is 1. The predicted molar refractivity (Wildman–Crippen MR) is 83.5 cm³/mol. The van der Waals surface area contributed by atoms with Gasteiger partial charge in [-0.15, -0.1) is 0 Å². The second-order valence-electron chi connectivity index (χ2n) is 5.05. The third-order valence-corrected chi connectivity index (χ3v) is 3.53. The fourth-order valence-electron chi connectivity index (χ4n) is 2.36. The molecule has 2 heterocycles. The van der Waals surface area contributed by atoms with E-state index < -0.39 is 0 Å². The molecular weight excluding hydrogens is 295 g/mol. The zero-order valence-electron chi connectivity index (χ0n) is 12.3. The molecule has 2 aromatic heterocycles. The standard InChI is InChI=1S/C18H15FN2O2/c19-14-8-6-13(7-9-14)15(16-4-1-2-10-20-16)12-21-18(22)17-5-3-11-23-17/h1-11,15H,12H2,(H,21,22). The zero-order valence-corrected chi connectivity index (χ0v) is 12.3. The van der Waals surface area contributed by atoms with Crippen molar-refractivity contribution in [3.63, 3.8) is 0 Å². The molecule has 0 aliphatic heterocycles. The summed E-state index contributed by atoms with van der Waals surface area (Å²) in [5.41, 5.74) is 1.68. The summed E-state index contributed by atoms with van der Waals surface area (Å²) in [5.74, 6) is -0.509. The van der Waals surface area contributed by atoms with Crippen LogP contribution in [0.2, 0.25) is 0 Å². The van der Waals surface area contributed by atoms with Crippen LogP contribution in [-0.2, 0) is 0 Å². The first kappa shape index (κ1) is 15.0. The number of furan rings is 1. The quantitative estimate of drug-likeness (QED) is 0.786. The number of rotatable bonds is 5. The van der Waals surface area contributed by atoms with Gasteiger partial charge in [0.2, 0.25) is 0 Å². The van der Waals surface area contributed by atoms with Crippen LogP contribution in [0.1, 0.15) is 27.7 Å². The SMILES string of the molecule is O=C(NCC(c1ccc(F)cc1)c1ccccn1)c1ccco1. The highest BCUT2D eigenvalue weighted by Crippen LogP contribution is 2.22. The normalized spacial score (nSPS) is 11.9. The number of carbonyl (C=O) groups is 1. The van der Waals surface area contributed by atoms with E-state index in [9.17, 15) is 9.18 Å². The zero-order chi connectivity index (χ0) is 16.1. The lowest BCUT2D eigenvalue weighted by molar-refractivity contribution is 0.0924. The minimum atomic E-state index is -0.298. The van der Waals surface area contributed by atoms with E-state index in [0.717, 1.165) is 11.3 Å². The molecule has 3 rings (SSSR count). The van der Waals surface area contributed by atoms with Gasteiger partial charge in [-0.2, -0.15) is 0 Å². The average Bonchev–Trinajstić information content (AvgIpc) is 3.12. The molecule has 1 amide bonds. The largest absolute Gasteiger partial charge is 0.459 e. The fourth-order valence-corrected chi connectivity index (χ4v) is 2.36. The third-order valence-electron chi connectivity index (χ3n) is 3.53. The maximum Gasteiger partial charge on any atom is 0.287 e. The smallest absolute Gasteiger partial charge is 0.287 e. The van der Waals surface area contributed by atoms with Gasteiger partial charge in [-0.3, -0.25) is 9.78 Å². The van der Waals surface area contributed by atoms with E-state index in [1.165, 1.54) is 18.4 Å². The Labute approximate surface area is 133 Å². The van der Waals surface area contributed by atoms with E-state index in [2.05, 4.69) is 10.3 Å². The summed E-state index contributed by atoms with van der Waals surface area (Å²) in [6, 6.07) is 15.1. The average molecular weight is 310 g/mol. The van der Waals surface area contributed by atoms with Crippen molar-refractivity contribution in [3.05, 3.63) is 89.9 Å². The summed E-state index contributed by atoms with van der Waals surface area (Å²) in [5, 5.41) is 2.83. The second-order valence-corrected chi connectivity index (χ2v) is 5.05. The Hall–Kier alpha value is -2.95. The van der Waals surface area contributed by atoms with Crippen molar-refractivity contribution < 1.29 is 13.6 Å². The van der Waals surface area contributed by atoms with Crippen LogP contribution in [0.4, 0.5) is 4.39 Å². The summed E-state index contributed by atoms with van der Waals surface area (Å²) in [4.78, 5) is 16.4. The number of nitrogens with zero attached hydrogens (tertiary/aromatic N) is 1. The molecule has 0 bridgehead atoms. The molecule has 0 radical (unpaired) electrons. The molecule has 1 atom stereocenters. The third kappa shape index (κ3) is 3.63. The van der Waals surface area contributed by atoms with Crippen molar-refractivity contribution >= 4 is 5.91 Å². The van der Waals surface area contributed by atoms with Crippen LogP contribution in [-0.4, -0.2) is 17.4 Å². The summed E-state index contributed by atoms with van der Waals surface area (Å²) in [7, 11) is 0. The van der Waals surface area contributed by atoms with Gasteiger partial charge in [0.15, 0.2) is 5.76 Å². The second kappa shape index (κ2) is 6.87. The van der Waals surface area contributed by atoms with Gasteiger partial charge in [-0.25, -0.2) is 4.39 Å². The first-order chi connectivity index (χ1) is 11.2. The molecular formula is C18H15FN2O2. The van der Waals surface area contributed by atoms with Gasteiger partial charge >= 0.3 is 0 Å². The summed E-state index contributed by atoms with van der Waals surface area (Å²) in [6.07, 6.45) is 3.14. The van der Waals surface area contributed by atoms with Crippen LogP contribution in [0.5, 0.6) is 0 Å². The molecule has 1 aromatic carbocycles. The molecule has 0 spiro atoms. The minimum absolute atomic E-state index is 0.171. The Morgan fingerprint density at radius 1 is 1.13 bits per heavy atom. The molecule has 0 saturated heterocycles. The van der Waals surface area contributed by atoms with Gasteiger partial charge in [0.1, 0.15) is 5.82 Å². The Bertz CT molecular complexity index is 755. The lowest BCUT2D eigenvalue weighted by Gasteiger charge is -2.17. The van der Waals surface area contributed by atoms with Crippen molar-refractivity contribution in [2.45, 2.75) is 5.92 Å². The number of hydrogen-bond acceptors (Lipinski definition) is 3. The molecule has 0 fully saturated rings. The molecule has 1 N–H and O–H groups in total. The highest BCUT2D eigenvalue weighted by Gasteiger charge is 2.18. The van der Waals surface area contributed by atoms with Crippen LogP contribution < -0.4 is 5.32 Å². The molecule has 23 heavy (non-hydrogen) atoms.